The standard InChI is InChI=1S/C14H10ClFIN4O3P/c1-6-9(15)5-19-12(13(6)21(23)24)14(22)7-2-3-10(16)11(20-25-17)8(7)4-18/h2-5,18,20,25H,1H3. The highest BCUT2D eigenvalue weighted by Gasteiger charge is 2.29. The number of hydrogen-bond donors (Lipinski definition) is 2. The van der Waals surface area contributed by atoms with Crippen molar-refractivity contribution in [1.29, 1.82) is 5.41 Å². The van der Waals surface area contributed by atoms with Gasteiger partial charge < -0.3 is 10.5 Å². The molecule has 0 saturated carbocycles. The number of carbonyl (C=O) groups is 1. The van der Waals surface area contributed by atoms with E-state index in [1.54, 1.807) is 0 Å². The molecule has 1 aromatic carbocycles. The van der Waals surface area contributed by atoms with Crippen LogP contribution in [0.2, 0.25) is 5.02 Å². The van der Waals surface area contributed by atoms with E-state index in [-0.39, 0.29) is 33.8 Å². The summed E-state index contributed by atoms with van der Waals surface area (Å²) in [6.07, 6.45) is 2.07. The summed E-state index contributed by atoms with van der Waals surface area (Å²) in [5, 5.41) is 21.7. The summed E-state index contributed by atoms with van der Waals surface area (Å²) in [6.45, 7) is 1.41. The molecule has 1 heterocycles. The summed E-state index contributed by atoms with van der Waals surface area (Å²) in [4.78, 5) is 27.2. The van der Waals surface area contributed by atoms with Crippen LogP contribution >= 0.6 is 40.0 Å². The molecule has 0 aliphatic carbocycles. The predicted molar refractivity (Wildman–Crippen MR) is 104 cm³/mol. The number of nitrogens with zero attached hydrogens (tertiary/aromatic N) is 2. The first-order valence-corrected chi connectivity index (χ1v) is 11.1. The fourth-order valence-corrected chi connectivity index (χ4v) is 3.50. The number of nitro groups is 1. The number of anilines is 1. The van der Waals surface area contributed by atoms with E-state index in [2.05, 4.69) is 10.1 Å². The number of nitrogens with one attached hydrogen (secondary N) is 2. The molecule has 2 N–H and O–H groups in total. The first-order valence-electron chi connectivity index (χ1n) is 6.62. The van der Waals surface area contributed by atoms with Crippen molar-refractivity contribution >= 4 is 63.4 Å². The highest BCUT2D eigenvalue weighted by Crippen LogP contribution is 2.33. The summed E-state index contributed by atoms with van der Waals surface area (Å²) >= 11 is 7.83. The van der Waals surface area contributed by atoms with Gasteiger partial charge in [0.1, 0.15) is 5.82 Å². The van der Waals surface area contributed by atoms with Gasteiger partial charge in [0.2, 0.25) is 5.78 Å². The number of hydrogen-bond acceptors (Lipinski definition) is 6. The van der Waals surface area contributed by atoms with Gasteiger partial charge in [-0.25, -0.2) is 9.37 Å². The summed E-state index contributed by atoms with van der Waals surface area (Å²) in [7, 11) is 0. The number of aromatic nitrogens is 1. The summed E-state index contributed by atoms with van der Waals surface area (Å²) in [5.74, 6) is -1.42. The van der Waals surface area contributed by atoms with Gasteiger partial charge in [-0.3, -0.25) is 14.9 Å². The van der Waals surface area contributed by atoms with Crippen LogP contribution < -0.4 is 5.09 Å². The lowest BCUT2D eigenvalue weighted by Gasteiger charge is -2.12. The van der Waals surface area contributed by atoms with Crippen molar-refractivity contribution in [3.05, 3.63) is 61.7 Å². The number of ketones is 1. The topological polar surface area (TPSA) is 109 Å². The molecule has 0 radical (unpaired) electrons. The summed E-state index contributed by atoms with van der Waals surface area (Å²) in [6, 6.07) is 2.24. The monoisotopic (exact) mass is 494 g/mol. The zero-order chi connectivity index (χ0) is 18.7. The fourth-order valence-electron chi connectivity index (χ4n) is 2.20. The van der Waals surface area contributed by atoms with Crippen LogP contribution in [0.3, 0.4) is 0 Å². The molecule has 0 saturated heterocycles. The number of benzene rings is 1. The van der Waals surface area contributed by atoms with Gasteiger partial charge in [0.05, 0.1) is 15.6 Å². The number of pyridine rings is 1. The van der Waals surface area contributed by atoms with Crippen LogP contribution in [0.5, 0.6) is 0 Å². The molecule has 25 heavy (non-hydrogen) atoms. The van der Waals surface area contributed by atoms with Crippen LogP contribution in [0.4, 0.5) is 15.8 Å². The van der Waals surface area contributed by atoms with Crippen molar-refractivity contribution in [3.63, 3.8) is 0 Å². The lowest BCUT2D eigenvalue weighted by atomic mass is 9.98. The summed E-state index contributed by atoms with van der Waals surface area (Å²) in [5.41, 5.74) is -0.895. The molecule has 0 fully saturated rings. The number of halogens is 3. The van der Waals surface area contributed by atoms with E-state index >= 15 is 0 Å². The van der Waals surface area contributed by atoms with Crippen LogP contribution in [-0.2, 0) is 0 Å². The lowest BCUT2D eigenvalue weighted by Crippen LogP contribution is -2.13. The second-order valence-electron chi connectivity index (χ2n) is 4.76. The highest BCUT2D eigenvalue weighted by molar-refractivity contribution is 14.2. The molecular formula is C14H10ClFIN4O3P. The SMILES string of the molecule is Cc1c(Cl)cnc(C(=O)c2ccc(F)c(NPI)c2C=N)c1[N+](=O)[O-]. The maximum Gasteiger partial charge on any atom is 0.303 e. The molecule has 1 aromatic heterocycles. The Hall–Kier alpha value is -1.71. The molecule has 0 bridgehead atoms. The minimum atomic E-state index is -0.787. The Morgan fingerprint density at radius 3 is 2.80 bits per heavy atom. The van der Waals surface area contributed by atoms with E-state index in [0.29, 0.717) is 0 Å². The second-order valence-corrected chi connectivity index (χ2v) is 7.23. The van der Waals surface area contributed by atoms with E-state index in [1.165, 1.54) is 13.0 Å². The van der Waals surface area contributed by atoms with E-state index in [4.69, 9.17) is 17.0 Å². The number of carbonyl (C=O) groups excluding carboxylic acids is 1. The molecule has 1 atom stereocenters. The Kier molecular flexibility index (Phi) is 6.36. The molecule has 0 amide bonds. The largest absolute Gasteiger partial charge is 0.356 e. The van der Waals surface area contributed by atoms with Gasteiger partial charge in [0, 0.05) is 35.5 Å². The van der Waals surface area contributed by atoms with Crippen LogP contribution in [0, 0.1) is 28.3 Å². The van der Waals surface area contributed by atoms with Crippen molar-refractivity contribution < 1.29 is 14.1 Å². The molecule has 0 aliphatic rings. The molecule has 11 heteroatoms. The van der Waals surface area contributed by atoms with Gasteiger partial charge in [-0.05, 0) is 41.1 Å². The number of rotatable bonds is 6. The third-order valence-corrected chi connectivity index (χ3v) is 4.93. The Morgan fingerprint density at radius 2 is 2.24 bits per heavy atom. The molecule has 2 aromatic rings. The van der Waals surface area contributed by atoms with E-state index in [9.17, 15) is 19.3 Å². The molecular weight excluding hydrogens is 485 g/mol. The van der Waals surface area contributed by atoms with Crippen molar-refractivity contribution in [2.24, 2.45) is 0 Å². The average molecular weight is 495 g/mol. The molecule has 0 aliphatic heterocycles. The lowest BCUT2D eigenvalue weighted by molar-refractivity contribution is -0.385. The van der Waals surface area contributed by atoms with E-state index in [1.807, 2.05) is 22.0 Å². The highest BCUT2D eigenvalue weighted by atomic mass is 127. The Morgan fingerprint density at radius 1 is 1.56 bits per heavy atom. The maximum atomic E-state index is 14.0. The average Bonchev–Trinajstić information content (AvgIpc) is 2.57. The third kappa shape index (κ3) is 3.78. The molecule has 1 unspecified atom stereocenters. The first-order chi connectivity index (χ1) is 11.8. The van der Waals surface area contributed by atoms with Crippen molar-refractivity contribution in [2.75, 3.05) is 5.09 Å². The quantitative estimate of drug-likeness (QED) is 0.151. The smallest absolute Gasteiger partial charge is 0.303 e. The van der Waals surface area contributed by atoms with Crippen LogP contribution in [0.15, 0.2) is 18.3 Å². The normalized spacial score (nSPS) is 10.9. The van der Waals surface area contributed by atoms with Crippen molar-refractivity contribution in [2.45, 2.75) is 6.92 Å². The zero-order valence-corrected chi connectivity index (χ0v) is 16.5. The van der Waals surface area contributed by atoms with Gasteiger partial charge >= 0.3 is 5.69 Å². The Bertz CT molecular complexity index is 897. The van der Waals surface area contributed by atoms with Crippen LogP contribution in [0.25, 0.3) is 0 Å². The second kappa shape index (κ2) is 8.11. The maximum absolute atomic E-state index is 14.0. The van der Waals surface area contributed by atoms with Gasteiger partial charge in [-0.1, -0.05) is 11.6 Å². The third-order valence-electron chi connectivity index (χ3n) is 3.40. The van der Waals surface area contributed by atoms with Crippen LogP contribution in [-0.4, -0.2) is 21.9 Å². The minimum Gasteiger partial charge on any atom is -0.356 e. The summed E-state index contributed by atoms with van der Waals surface area (Å²) < 4.78 is 14.0. The Labute approximate surface area is 161 Å². The van der Waals surface area contributed by atoms with Gasteiger partial charge in [-0.2, -0.15) is 0 Å². The van der Waals surface area contributed by atoms with Gasteiger partial charge in [0.15, 0.2) is 5.69 Å². The molecule has 0 spiro atoms. The molecule has 130 valence electrons. The van der Waals surface area contributed by atoms with Crippen LogP contribution in [0.1, 0.15) is 27.2 Å². The van der Waals surface area contributed by atoms with Crippen molar-refractivity contribution in [1.82, 2.24) is 4.98 Å². The van der Waals surface area contributed by atoms with Gasteiger partial charge in [0.25, 0.3) is 0 Å². The fraction of sp³-hybridized carbons (Fsp3) is 0.0714. The zero-order valence-electron chi connectivity index (χ0n) is 12.6. The Balaban J connectivity index is 2.71. The van der Waals surface area contributed by atoms with Gasteiger partial charge in [-0.15, -0.1) is 0 Å². The van der Waals surface area contributed by atoms with E-state index < -0.39 is 27.9 Å². The first kappa shape index (κ1) is 19.6. The minimum absolute atomic E-state index is 0.00197. The molecule has 2 rings (SSSR count). The molecule has 7 nitrogen and oxygen atoms in total. The van der Waals surface area contributed by atoms with Crippen molar-refractivity contribution in [3.8, 4) is 0 Å². The van der Waals surface area contributed by atoms with E-state index in [0.717, 1.165) is 18.5 Å². The predicted octanol–water partition coefficient (Wildman–Crippen LogP) is 4.67.